The molecular formula is C23H28N6O3S. The van der Waals surface area contributed by atoms with E-state index >= 15 is 0 Å². The highest BCUT2D eigenvalue weighted by Crippen LogP contribution is 2.28. The summed E-state index contributed by atoms with van der Waals surface area (Å²) in [7, 11) is 0. The normalized spacial score (nSPS) is 11.7. The third kappa shape index (κ3) is 6.55. The standard InChI is InChI=1S/C23H28N6O3S/c1-4-5-13-24-22(30)25-17(3)21-26-27-23(33-15-18-8-6-7-16(2)14-18)28(21)19-9-11-20(12-10-19)29(31)32/h6-12,14,17H,4-5,13,15H2,1-3H3,(H2,24,25,30). The number of hydrogen-bond acceptors (Lipinski definition) is 6. The van der Waals surface area contributed by atoms with Crippen LogP contribution in [0.4, 0.5) is 10.5 Å². The van der Waals surface area contributed by atoms with E-state index in [1.54, 1.807) is 12.1 Å². The maximum atomic E-state index is 12.3. The van der Waals surface area contributed by atoms with Gasteiger partial charge in [-0.1, -0.05) is 54.9 Å². The SMILES string of the molecule is CCCCNC(=O)NC(C)c1nnc(SCc2cccc(C)c2)n1-c1ccc([N+](=O)[O-])cc1. The number of unbranched alkanes of at least 4 members (excludes halogenated alkanes) is 1. The number of non-ortho nitro benzene ring substituents is 1. The van der Waals surface area contributed by atoms with E-state index in [1.807, 2.05) is 30.5 Å². The van der Waals surface area contributed by atoms with Crippen molar-refractivity contribution >= 4 is 23.5 Å². The number of hydrogen-bond donors (Lipinski definition) is 2. The van der Waals surface area contributed by atoms with Crippen LogP contribution in [0.3, 0.4) is 0 Å². The summed E-state index contributed by atoms with van der Waals surface area (Å²) >= 11 is 1.52. The Kier molecular flexibility index (Phi) is 8.42. The van der Waals surface area contributed by atoms with Crippen molar-refractivity contribution in [3.63, 3.8) is 0 Å². The molecule has 1 atom stereocenters. The maximum Gasteiger partial charge on any atom is 0.315 e. The molecule has 2 amide bonds. The number of aromatic nitrogens is 3. The molecule has 0 aliphatic heterocycles. The van der Waals surface area contributed by atoms with Gasteiger partial charge in [0.25, 0.3) is 5.69 Å². The number of rotatable bonds is 10. The summed E-state index contributed by atoms with van der Waals surface area (Å²) in [5.41, 5.74) is 3.02. The van der Waals surface area contributed by atoms with Gasteiger partial charge in [0, 0.05) is 30.1 Å². The average Bonchev–Trinajstić information content (AvgIpc) is 3.22. The lowest BCUT2D eigenvalue weighted by atomic mass is 10.2. The summed E-state index contributed by atoms with van der Waals surface area (Å²) in [5.74, 6) is 1.23. The maximum absolute atomic E-state index is 12.3. The molecule has 3 aromatic rings. The van der Waals surface area contributed by atoms with Gasteiger partial charge in [0.05, 0.1) is 11.0 Å². The molecule has 2 aromatic carbocycles. The molecule has 0 saturated heterocycles. The van der Waals surface area contributed by atoms with E-state index in [1.165, 1.54) is 29.5 Å². The number of amides is 2. The second-order valence-electron chi connectivity index (χ2n) is 7.70. The lowest BCUT2D eigenvalue weighted by Gasteiger charge is -2.16. The van der Waals surface area contributed by atoms with Crippen LogP contribution >= 0.6 is 11.8 Å². The smallest absolute Gasteiger partial charge is 0.315 e. The van der Waals surface area contributed by atoms with E-state index in [9.17, 15) is 14.9 Å². The number of thioether (sulfide) groups is 1. The molecule has 9 nitrogen and oxygen atoms in total. The molecular weight excluding hydrogens is 440 g/mol. The van der Waals surface area contributed by atoms with Gasteiger partial charge in [0.15, 0.2) is 11.0 Å². The number of carbonyl (C=O) groups excluding carboxylic acids is 1. The largest absolute Gasteiger partial charge is 0.338 e. The second-order valence-corrected chi connectivity index (χ2v) is 8.65. The summed E-state index contributed by atoms with van der Waals surface area (Å²) in [6, 6.07) is 13.7. The highest BCUT2D eigenvalue weighted by Gasteiger charge is 2.21. The molecule has 0 spiro atoms. The molecule has 0 aliphatic rings. The first-order valence-electron chi connectivity index (χ1n) is 10.8. The topological polar surface area (TPSA) is 115 Å². The Morgan fingerprint density at radius 3 is 2.64 bits per heavy atom. The van der Waals surface area contributed by atoms with Gasteiger partial charge in [-0.25, -0.2) is 4.79 Å². The Bertz CT molecular complexity index is 1100. The van der Waals surface area contributed by atoms with Crippen molar-refractivity contribution in [2.45, 2.75) is 50.6 Å². The minimum atomic E-state index is -0.435. The van der Waals surface area contributed by atoms with Gasteiger partial charge in [-0.3, -0.25) is 14.7 Å². The molecule has 0 aliphatic carbocycles. The first kappa shape index (κ1) is 24.2. The predicted octanol–water partition coefficient (Wildman–Crippen LogP) is 4.94. The van der Waals surface area contributed by atoms with Gasteiger partial charge in [0.1, 0.15) is 0 Å². The molecule has 0 fully saturated rings. The first-order chi connectivity index (χ1) is 15.9. The van der Waals surface area contributed by atoms with Gasteiger partial charge in [-0.2, -0.15) is 0 Å². The highest BCUT2D eigenvalue weighted by atomic mass is 32.2. The number of carbonyl (C=O) groups is 1. The van der Waals surface area contributed by atoms with E-state index in [2.05, 4.69) is 39.9 Å². The quantitative estimate of drug-likeness (QED) is 0.189. The second kappa shape index (κ2) is 11.5. The molecule has 3 rings (SSSR count). The number of benzene rings is 2. The fourth-order valence-corrected chi connectivity index (χ4v) is 4.16. The van der Waals surface area contributed by atoms with Crippen LogP contribution in [0, 0.1) is 17.0 Å². The first-order valence-corrected chi connectivity index (χ1v) is 11.8. The third-order valence-electron chi connectivity index (χ3n) is 4.98. The minimum absolute atomic E-state index is 0.00353. The number of nitrogens with zero attached hydrogens (tertiary/aromatic N) is 4. The number of aryl methyl sites for hydroxylation is 1. The van der Waals surface area contributed by atoms with Gasteiger partial charge in [-0.15, -0.1) is 10.2 Å². The van der Waals surface area contributed by atoms with E-state index < -0.39 is 11.0 Å². The van der Waals surface area contributed by atoms with Crippen LogP contribution in [-0.2, 0) is 5.75 Å². The summed E-state index contributed by atoms with van der Waals surface area (Å²) in [5, 5.41) is 26.2. The zero-order valence-electron chi connectivity index (χ0n) is 18.9. The molecule has 33 heavy (non-hydrogen) atoms. The van der Waals surface area contributed by atoms with Crippen molar-refractivity contribution in [3.05, 3.63) is 75.6 Å². The predicted molar refractivity (Wildman–Crippen MR) is 129 cm³/mol. The van der Waals surface area contributed by atoms with Gasteiger partial charge in [0.2, 0.25) is 0 Å². The van der Waals surface area contributed by atoms with Crippen molar-refractivity contribution in [1.29, 1.82) is 0 Å². The summed E-state index contributed by atoms with van der Waals surface area (Å²) in [4.78, 5) is 22.9. The van der Waals surface area contributed by atoms with Crippen LogP contribution < -0.4 is 10.6 Å². The molecule has 1 heterocycles. The summed E-state index contributed by atoms with van der Waals surface area (Å²) in [6.45, 7) is 6.54. The Morgan fingerprint density at radius 1 is 1.21 bits per heavy atom. The van der Waals surface area contributed by atoms with Gasteiger partial charge >= 0.3 is 6.03 Å². The van der Waals surface area contributed by atoms with Crippen LogP contribution in [0.25, 0.3) is 5.69 Å². The van der Waals surface area contributed by atoms with Crippen LogP contribution in [0.2, 0.25) is 0 Å². The zero-order valence-corrected chi connectivity index (χ0v) is 19.8. The van der Waals surface area contributed by atoms with Crippen molar-refractivity contribution in [3.8, 4) is 5.69 Å². The number of nitro benzene ring substituents is 1. The lowest BCUT2D eigenvalue weighted by Crippen LogP contribution is -2.38. The molecule has 1 aromatic heterocycles. The van der Waals surface area contributed by atoms with Crippen LogP contribution in [-0.4, -0.2) is 32.3 Å². The van der Waals surface area contributed by atoms with E-state index in [0.717, 1.165) is 18.4 Å². The highest BCUT2D eigenvalue weighted by molar-refractivity contribution is 7.98. The fourth-order valence-electron chi connectivity index (χ4n) is 3.26. The fraction of sp³-hybridized carbons (Fsp3) is 0.348. The molecule has 0 saturated carbocycles. The Balaban J connectivity index is 1.87. The number of urea groups is 1. The summed E-state index contributed by atoms with van der Waals surface area (Å²) in [6.07, 6.45) is 1.90. The third-order valence-corrected chi connectivity index (χ3v) is 5.98. The van der Waals surface area contributed by atoms with E-state index in [-0.39, 0.29) is 11.7 Å². The zero-order chi connectivity index (χ0) is 23.8. The minimum Gasteiger partial charge on any atom is -0.338 e. The van der Waals surface area contributed by atoms with Gasteiger partial charge in [-0.05, 0) is 38.0 Å². The lowest BCUT2D eigenvalue weighted by molar-refractivity contribution is -0.384. The molecule has 0 bridgehead atoms. The van der Waals surface area contributed by atoms with Crippen molar-refractivity contribution in [2.24, 2.45) is 0 Å². The van der Waals surface area contributed by atoms with E-state index in [4.69, 9.17) is 0 Å². The Hall–Kier alpha value is -3.40. The molecule has 1 unspecified atom stereocenters. The van der Waals surface area contributed by atoms with Crippen LogP contribution in [0.15, 0.2) is 53.7 Å². The van der Waals surface area contributed by atoms with Crippen molar-refractivity contribution < 1.29 is 9.72 Å². The van der Waals surface area contributed by atoms with Crippen molar-refractivity contribution in [2.75, 3.05) is 6.54 Å². The average molecular weight is 469 g/mol. The monoisotopic (exact) mass is 468 g/mol. The molecule has 2 N–H and O–H groups in total. The van der Waals surface area contributed by atoms with Crippen LogP contribution in [0.1, 0.15) is 49.7 Å². The molecule has 0 radical (unpaired) electrons. The Labute approximate surface area is 197 Å². The Morgan fingerprint density at radius 2 is 1.97 bits per heavy atom. The summed E-state index contributed by atoms with van der Waals surface area (Å²) < 4.78 is 1.83. The van der Waals surface area contributed by atoms with Crippen molar-refractivity contribution in [1.82, 2.24) is 25.4 Å². The molecule has 10 heteroatoms. The molecule has 174 valence electrons. The number of nitro groups is 1. The van der Waals surface area contributed by atoms with Crippen LogP contribution in [0.5, 0.6) is 0 Å². The number of nitrogens with one attached hydrogen (secondary N) is 2. The van der Waals surface area contributed by atoms with Gasteiger partial charge < -0.3 is 10.6 Å². The van der Waals surface area contributed by atoms with E-state index in [0.29, 0.717) is 29.0 Å².